The van der Waals surface area contributed by atoms with Crippen molar-refractivity contribution in [2.75, 3.05) is 18.0 Å². The van der Waals surface area contributed by atoms with Gasteiger partial charge in [-0.05, 0) is 30.4 Å². The molecule has 1 unspecified atom stereocenters. The number of rotatable bonds is 5. The van der Waals surface area contributed by atoms with E-state index in [0.29, 0.717) is 6.04 Å². The van der Waals surface area contributed by atoms with E-state index in [4.69, 9.17) is 11.6 Å². The maximum atomic E-state index is 6.42. The van der Waals surface area contributed by atoms with Crippen LogP contribution in [0.3, 0.4) is 0 Å². The molecule has 112 valence electrons. The van der Waals surface area contributed by atoms with Gasteiger partial charge in [-0.2, -0.15) is 0 Å². The summed E-state index contributed by atoms with van der Waals surface area (Å²) >= 11 is 6.42. The second kappa shape index (κ2) is 6.82. The monoisotopic (exact) mass is 294 g/mol. The predicted octanol–water partition coefficient (Wildman–Crippen LogP) is 4.32. The van der Waals surface area contributed by atoms with E-state index in [9.17, 15) is 0 Å². The molecule has 0 saturated carbocycles. The normalized spacial score (nSPS) is 19.4. The summed E-state index contributed by atoms with van der Waals surface area (Å²) in [5.41, 5.74) is 2.56. The highest BCUT2D eigenvalue weighted by Gasteiger charge is 2.26. The average molecular weight is 295 g/mol. The van der Waals surface area contributed by atoms with Crippen molar-refractivity contribution in [3.63, 3.8) is 0 Å². The van der Waals surface area contributed by atoms with Crippen molar-refractivity contribution >= 4 is 17.3 Å². The van der Waals surface area contributed by atoms with Gasteiger partial charge < -0.3 is 10.2 Å². The third kappa shape index (κ3) is 3.67. The van der Waals surface area contributed by atoms with E-state index in [-0.39, 0.29) is 0 Å². The van der Waals surface area contributed by atoms with Crippen molar-refractivity contribution in [1.29, 1.82) is 0 Å². The Hall–Kier alpha value is -0.730. The van der Waals surface area contributed by atoms with Crippen LogP contribution in [-0.4, -0.2) is 19.1 Å². The zero-order valence-corrected chi connectivity index (χ0v) is 13.9. The summed E-state index contributed by atoms with van der Waals surface area (Å²) in [7, 11) is 0. The van der Waals surface area contributed by atoms with E-state index in [1.165, 1.54) is 17.7 Å². The molecule has 1 saturated heterocycles. The first-order valence-corrected chi connectivity index (χ1v) is 8.12. The Morgan fingerprint density at radius 1 is 1.30 bits per heavy atom. The van der Waals surface area contributed by atoms with Crippen molar-refractivity contribution < 1.29 is 0 Å². The first-order valence-electron chi connectivity index (χ1n) is 7.74. The van der Waals surface area contributed by atoms with E-state index in [0.717, 1.165) is 36.5 Å². The smallest absolute Gasteiger partial charge is 0.0471 e. The molecule has 0 radical (unpaired) electrons. The number of halogens is 1. The number of hydrogen-bond acceptors (Lipinski definition) is 2. The molecule has 1 fully saturated rings. The fourth-order valence-electron chi connectivity index (χ4n) is 2.87. The fourth-order valence-corrected chi connectivity index (χ4v) is 3.11. The molecule has 0 spiro atoms. The Labute approximate surface area is 128 Å². The molecule has 1 aromatic carbocycles. The molecule has 20 heavy (non-hydrogen) atoms. The number of nitrogens with zero attached hydrogens (tertiary/aromatic N) is 1. The highest BCUT2D eigenvalue weighted by atomic mass is 35.5. The maximum absolute atomic E-state index is 6.42. The highest BCUT2D eigenvalue weighted by molar-refractivity contribution is 6.31. The predicted molar refractivity (Wildman–Crippen MR) is 88.6 cm³/mol. The summed E-state index contributed by atoms with van der Waals surface area (Å²) in [5.74, 6) is 1.57. The first-order chi connectivity index (χ1) is 9.49. The van der Waals surface area contributed by atoms with Gasteiger partial charge in [0.25, 0.3) is 0 Å². The van der Waals surface area contributed by atoms with Crippen molar-refractivity contribution in [3.05, 3.63) is 28.8 Å². The summed E-state index contributed by atoms with van der Waals surface area (Å²) in [6.07, 6.45) is 1.29. The molecule has 0 bridgehead atoms. The van der Waals surface area contributed by atoms with Crippen molar-refractivity contribution in [3.8, 4) is 0 Å². The second-order valence-corrected chi connectivity index (χ2v) is 6.92. The van der Waals surface area contributed by atoms with Crippen LogP contribution in [0.2, 0.25) is 5.02 Å². The van der Waals surface area contributed by atoms with Gasteiger partial charge in [0.15, 0.2) is 0 Å². The van der Waals surface area contributed by atoms with E-state index >= 15 is 0 Å². The van der Waals surface area contributed by atoms with Gasteiger partial charge in [0, 0.05) is 41.9 Å². The Bertz CT molecular complexity index is 443. The molecule has 3 heteroatoms. The molecule has 0 aliphatic carbocycles. The lowest BCUT2D eigenvalue weighted by atomic mass is 9.95. The summed E-state index contributed by atoms with van der Waals surface area (Å²) < 4.78 is 0. The summed E-state index contributed by atoms with van der Waals surface area (Å²) in [6.45, 7) is 12.1. The molecule has 1 aromatic rings. The van der Waals surface area contributed by atoms with E-state index in [1.807, 2.05) is 6.07 Å². The Balaban J connectivity index is 2.17. The van der Waals surface area contributed by atoms with Crippen LogP contribution < -0.4 is 10.2 Å². The quantitative estimate of drug-likeness (QED) is 0.870. The standard InChI is InChI=1S/C17H27ClN2/c1-12(2)14-8-9-20(11-14)17-7-5-6-16(18)15(17)10-19-13(3)4/h5-7,12-14,19H,8-11H2,1-4H3. The van der Waals surface area contributed by atoms with Crippen molar-refractivity contribution in [2.45, 2.75) is 46.7 Å². The molecule has 1 atom stereocenters. The van der Waals surface area contributed by atoms with E-state index < -0.39 is 0 Å². The van der Waals surface area contributed by atoms with Crippen LogP contribution >= 0.6 is 11.6 Å². The Kier molecular flexibility index (Phi) is 5.34. The highest BCUT2D eigenvalue weighted by Crippen LogP contribution is 2.33. The minimum atomic E-state index is 0.473. The largest absolute Gasteiger partial charge is 0.371 e. The molecular formula is C17H27ClN2. The van der Waals surface area contributed by atoms with Gasteiger partial charge in [0.2, 0.25) is 0 Å². The number of anilines is 1. The van der Waals surface area contributed by atoms with Gasteiger partial charge in [-0.15, -0.1) is 0 Å². The minimum absolute atomic E-state index is 0.473. The molecule has 1 N–H and O–H groups in total. The van der Waals surface area contributed by atoms with Crippen LogP contribution in [0.15, 0.2) is 18.2 Å². The van der Waals surface area contributed by atoms with E-state index in [1.54, 1.807) is 0 Å². The van der Waals surface area contributed by atoms with Crippen LogP contribution in [-0.2, 0) is 6.54 Å². The molecule has 0 amide bonds. The van der Waals surface area contributed by atoms with Gasteiger partial charge >= 0.3 is 0 Å². The molecule has 2 nitrogen and oxygen atoms in total. The van der Waals surface area contributed by atoms with Crippen molar-refractivity contribution in [1.82, 2.24) is 5.32 Å². The number of benzene rings is 1. The SMILES string of the molecule is CC(C)NCc1c(Cl)cccc1N1CCC(C(C)C)C1. The molecule has 1 heterocycles. The van der Waals surface area contributed by atoms with Crippen LogP contribution in [0.4, 0.5) is 5.69 Å². The Morgan fingerprint density at radius 2 is 2.05 bits per heavy atom. The number of hydrogen-bond donors (Lipinski definition) is 1. The summed E-state index contributed by atoms with van der Waals surface area (Å²) in [6, 6.07) is 6.75. The summed E-state index contributed by atoms with van der Waals surface area (Å²) in [4.78, 5) is 2.51. The van der Waals surface area contributed by atoms with E-state index in [2.05, 4.69) is 50.0 Å². The summed E-state index contributed by atoms with van der Waals surface area (Å²) in [5, 5.41) is 4.37. The van der Waals surface area contributed by atoms with Crippen LogP contribution in [0.5, 0.6) is 0 Å². The van der Waals surface area contributed by atoms with Crippen LogP contribution in [0, 0.1) is 11.8 Å². The zero-order valence-electron chi connectivity index (χ0n) is 13.1. The molecule has 2 rings (SSSR count). The topological polar surface area (TPSA) is 15.3 Å². The van der Waals surface area contributed by atoms with Crippen molar-refractivity contribution in [2.24, 2.45) is 11.8 Å². The van der Waals surface area contributed by atoms with Gasteiger partial charge in [-0.3, -0.25) is 0 Å². The van der Waals surface area contributed by atoms with Gasteiger partial charge in [0.05, 0.1) is 0 Å². The third-order valence-electron chi connectivity index (χ3n) is 4.29. The Morgan fingerprint density at radius 3 is 2.65 bits per heavy atom. The number of nitrogens with one attached hydrogen (secondary N) is 1. The first kappa shape index (κ1) is 15.7. The lowest BCUT2D eigenvalue weighted by Crippen LogP contribution is -2.26. The minimum Gasteiger partial charge on any atom is -0.371 e. The molecule has 0 aromatic heterocycles. The van der Waals surface area contributed by atoms with Crippen LogP contribution in [0.25, 0.3) is 0 Å². The van der Waals surface area contributed by atoms with Gasteiger partial charge in [0.1, 0.15) is 0 Å². The van der Waals surface area contributed by atoms with Crippen LogP contribution in [0.1, 0.15) is 39.7 Å². The average Bonchev–Trinajstić information content (AvgIpc) is 2.86. The van der Waals surface area contributed by atoms with Gasteiger partial charge in [-0.25, -0.2) is 0 Å². The second-order valence-electron chi connectivity index (χ2n) is 6.51. The zero-order chi connectivity index (χ0) is 14.7. The molecule has 1 aliphatic heterocycles. The molecule has 1 aliphatic rings. The lowest BCUT2D eigenvalue weighted by molar-refractivity contribution is 0.422. The van der Waals surface area contributed by atoms with Gasteiger partial charge in [-0.1, -0.05) is 45.4 Å². The lowest BCUT2D eigenvalue weighted by Gasteiger charge is -2.24. The fraction of sp³-hybridized carbons (Fsp3) is 0.647. The molecular weight excluding hydrogens is 268 g/mol. The third-order valence-corrected chi connectivity index (χ3v) is 4.64. The maximum Gasteiger partial charge on any atom is 0.0471 e.